The summed E-state index contributed by atoms with van der Waals surface area (Å²) in [6, 6.07) is 5.07. The van der Waals surface area contributed by atoms with Gasteiger partial charge < -0.3 is 9.47 Å². The Kier molecular flexibility index (Phi) is 4.33. The SMILES string of the molecule is COc1ccccc1O/C(=C/C(F)(F)F)C(F)(F)F. The van der Waals surface area contributed by atoms with Crippen molar-refractivity contribution < 1.29 is 35.8 Å². The number of para-hydroxylation sites is 2. The summed E-state index contributed by atoms with van der Waals surface area (Å²) in [6.07, 6.45) is -11.4. The number of halogens is 6. The predicted octanol–water partition coefficient (Wildman–Crippen LogP) is 4.08. The van der Waals surface area contributed by atoms with Gasteiger partial charge in [0.25, 0.3) is 0 Å². The summed E-state index contributed by atoms with van der Waals surface area (Å²) in [4.78, 5) is 0. The maximum absolute atomic E-state index is 12.4. The van der Waals surface area contributed by atoms with Crippen LogP contribution in [0.4, 0.5) is 26.3 Å². The first kappa shape index (κ1) is 15.2. The minimum Gasteiger partial charge on any atom is -0.493 e. The molecule has 0 aromatic heterocycles. The molecule has 0 saturated heterocycles. The van der Waals surface area contributed by atoms with E-state index in [1.807, 2.05) is 0 Å². The Balaban J connectivity index is 3.13. The van der Waals surface area contributed by atoms with Gasteiger partial charge in [-0.3, -0.25) is 0 Å². The highest BCUT2D eigenvalue weighted by atomic mass is 19.4. The summed E-state index contributed by atoms with van der Waals surface area (Å²) in [6.45, 7) is 0. The summed E-state index contributed by atoms with van der Waals surface area (Å²) in [5.41, 5.74) is 0. The molecule has 0 fully saturated rings. The van der Waals surface area contributed by atoms with E-state index in [9.17, 15) is 26.3 Å². The molecule has 0 saturated carbocycles. The Bertz CT molecular complexity index is 461. The van der Waals surface area contributed by atoms with Crippen molar-refractivity contribution in [1.29, 1.82) is 0 Å². The van der Waals surface area contributed by atoms with Gasteiger partial charge >= 0.3 is 12.4 Å². The van der Waals surface area contributed by atoms with Gasteiger partial charge in [0.1, 0.15) is 0 Å². The largest absolute Gasteiger partial charge is 0.493 e. The van der Waals surface area contributed by atoms with Crippen molar-refractivity contribution >= 4 is 0 Å². The molecule has 0 aliphatic rings. The van der Waals surface area contributed by atoms with E-state index >= 15 is 0 Å². The lowest BCUT2D eigenvalue weighted by atomic mass is 10.3. The summed E-state index contributed by atoms with van der Waals surface area (Å²) >= 11 is 0. The number of ether oxygens (including phenoxy) is 2. The maximum atomic E-state index is 12.4. The Hall–Kier alpha value is -1.86. The van der Waals surface area contributed by atoms with Crippen molar-refractivity contribution in [2.24, 2.45) is 0 Å². The number of rotatable bonds is 3. The third-order valence-electron chi connectivity index (χ3n) is 1.86. The van der Waals surface area contributed by atoms with E-state index in [0.717, 1.165) is 13.2 Å². The van der Waals surface area contributed by atoms with Crippen LogP contribution in [0.5, 0.6) is 11.5 Å². The van der Waals surface area contributed by atoms with Crippen LogP contribution < -0.4 is 9.47 Å². The summed E-state index contributed by atoms with van der Waals surface area (Å²) in [5.74, 6) is -2.73. The Morgan fingerprint density at radius 2 is 1.53 bits per heavy atom. The van der Waals surface area contributed by atoms with Gasteiger partial charge in [-0.15, -0.1) is 0 Å². The summed E-state index contributed by atoms with van der Waals surface area (Å²) < 4.78 is 82.4. The van der Waals surface area contributed by atoms with Crippen LogP contribution in [-0.2, 0) is 0 Å². The van der Waals surface area contributed by atoms with Gasteiger partial charge in [0.2, 0.25) is 5.76 Å². The second-order valence-electron chi connectivity index (χ2n) is 3.30. The summed E-state index contributed by atoms with van der Waals surface area (Å²) in [7, 11) is 1.16. The van der Waals surface area contributed by atoms with E-state index in [2.05, 4.69) is 9.47 Å². The molecule has 2 nitrogen and oxygen atoms in total. The number of hydrogen-bond donors (Lipinski definition) is 0. The number of methoxy groups -OCH3 is 1. The smallest absolute Gasteiger partial charge is 0.449 e. The van der Waals surface area contributed by atoms with E-state index in [0.29, 0.717) is 0 Å². The van der Waals surface area contributed by atoms with Gasteiger partial charge in [0.15, 0.2) is 11.5 Å². The predicted molar refractivity (Wildman–Crippen MR) is 53.8 cm³/mol. The standard InChI is InChI=1S/C11H8F6O2/c1-18-7-4-2-3-5-8(7)19-9(11(15,16)17)6-10(12,13)14/h2-6H,1H3/b9-6+. The molecule has 1 aromatic carbocycles. The Morgan fingerprint density at radius 3 is 1.95 bits per heavy atom. The second kappa shape index (κ2) is 5.41. The molecule has 19 heavy (non-hydrogen) atoms. The highest BCUT2D eigenvalue weighted by Crippen LogP contribution is 2.35. The molecule has 0 heterocycles. The van der Waals surface area contributed by atoms with Crippen molar-refractivity contribution in [2.75, 3.05) is 7.11 Å². The van der Waals surface area contributed by atoms with Gasteiger partial charge in [-0.25, -0.2) is 0 Å². The van der Waals surface area contributed by atoms with Crippen molar-refractivity contribution in [3.8, 4) is 11.5 Å². The van der Waals surface area contributed by atoms with E-state index in [-0.39, 0.29) is 5.75 Å². The molecule has 0 aliphatic carbocycles. The van der Waals surface area contributed by atoms with E-state index < -0.39 is 29.9 Å². The molecule has 0 radical (unpaired) electrons. The van der Waals surface area contributed by atoms with Crippen molar-refractivity contribution in [3.05, 3.63) is 36.1 Å². The van der Waals surface area contributed by atoms with Crippen LogP contribution in [0.25, 0.3) is 0 Å². The molecule has 0 amide bonds. The normalized spacial score (nSPS) is 13.3. The van der Waals surface area contributed by atoms with Crippen LogP contribution in [0.15, 0.2) is 36.1 Å². The third-order valence-corrected chi connectivity index (χ3v) is 1.86. The van der Waals surface area contributed by atoms with Crippen molar-refractivity contribution in [1.82, 2.24) is 0 Å². The first-order chi connectivity index (χ1) is 8.63. The first-order valence-corrected chi connectivity index (χ1v) is 4.81. The zero-order valence-electron chi connectivity index (χ0n) is 9.47. The fraction of sp³-hybridized carbons (Fsp3) is 0.273. The van der Waals surface area contributed by atoms with Gasteiger partial charge in [-0.05, 0) is 12.1 Å². The molecule has 0 aliphatic heterocycles. The monoisotopic (exact) mass is 286 g/mol. The van der Waals surface area contributed by atoms with E-state index in [4.69, 9.17) is 0 Å². The molecule has 0 unspecified atom stereocenters. The van der Waals surface area contributed by atoms with Gasteiger partial charge in [0, 0.05) is 0 Å². The Morgan fingerprint density at radius 1 is 1.00 bits per heavy atom. The molecule has 8 heteroatoms. The van der Waals surface area contributed by atoms with Gasteiger partial charge in [-0.1, -0.05) is 12.1 Å². The lowest BCUT2D eigenvalue weighted by Crippen LogP contribution is -2.20. The maximum Gasteiger partial charge on any atom is 0.449 e. The molecule has 1 rings (SSSR count). The van der Waals surface area contributed by atoms with E-state index in [1.165, 1.54) is 18.2 Å². The fourth-order valence-electron chi connectivity index (χ4n) is 1.14. The molecule has 0 spiro atoms. The highest BCUT2D eigenvalue weighted by molar-refractivity contribution is 5.40. The van der Waals surface area contributed by atoms with E-state index in [1.54, 1.807) is 0 Å². The molecule has 106 valence electrons. The lowest BCUT2D eigenvalue weighted by molar-refractivity contribution is -0.128. The minimum atomic E-state index is -5.27. The second-order valence-corrected chi connectivity index (χ2v) is 3.30. The highest BCUT2D eigenvalue weighted by Gasteiger charge is 2.41. The van der Waals surface area contributed by atoms with Crippen LogP contribution in [0.2, 0.25) is 0 Å². The molecule has 0 atom stereocenters. The summed E-state index contributed by atoms with van der Waals surface area (Å²) in [5, 5.41) is 0. The third kappa shape index (κ3) is 4.72. The average molecular weight is 286 g/mol. The molecule has 0 N–H and O–H groups in total. The molecule has 0 bridgehead atoms. The number of allylic oxidation sites excluding steroid dienone is 2. The number of benzene rings is 1. The fourth-order valence-corrected chi connectivity index (χ4v) is 1.14. The number of hydrogen-bond acceptors (Lipinski definition) is 2. The van der Waals surface area contributed by atoms with Gasteiger partial charge in [-0.2, -0.15) is 26.3 Å². The average Bonchev–Trinajstić information content (AvgIpc) is 2.26. The topological polar surface area (TPSA) is 18.5 Å². The lowest BCUT2D eigenvalue weighted by Gasteiger charge is -2.15. The zero-order valence-corrected chi connectivity index (χ0v) is 9.47. The number of alkyl halides is 6. The van der Waals surface area contributed by atoms with Crippen molar-refractivity contribution in [3.63, 3.8) is 0 Å². The van der Waals surface area contributed by atoms with Crippen LogP contribution in [0.3, 0.4) is 0 Å². The van der Waals surface area contributed by atoms with Gasteiger partial charge in [0.05, 0.1) is 13.2 Å². The van der Waals surface area contributed by atoms with Crippen molar-refractivity contribution in [2.45, 2.75) is 12.4 Å². The zero-order chi connectivity index (χ0) is 14.7. The quantitative estimate of drug-likeness (QED) is 0.615. The minimum absolute atomic E-state index is 0.111. The molecular formula is C11H8F6O2. The molecule has 1 aromatic rings. The molecular weight excluding hydrogens is 278 g/mol. The Labute approximate surface area is 104 Å². The van der Waals surface area contributed by atoms with Crippen LogP contribution >= 0.6 is 0 Å². The first-order valence-electron chi connectivity index (χ1n) is 4.81. The van der Waals surface area contributed by atoms with Crippen LogP contribution in [0, 0.1) is 0 Å². The van der Waals surface area contributed by atoms with Crippen LogP contribution in [0.1, 0.15) is 0 Å². The van der Waals surface area contributed by atoms with Crippen LogP contribution in [-0.4, -0.2) is 19.5 Å².